The Morgan fingerprint density at radius 1 is 1.21 bits per heavy atom. The number of hydrogen-bond acceptors (Lipinski definition) is 6. The number of amides is 4. The molecule has 11 heteroatoms. The molecule has 0 saturated carbocycles. The highest BCUT2D eigenvalue weighted by Crippen LogP contribution is 2.33. The number of benzene rings is 2. The SMILES string of the molecule is O=C1NC(=O)N(c2cccc(Br)c2)C(=O)/C1=C/c1cc(I)c(O)c([N+](=O)[O-])c1. The Morgan fingerprint density at radius 2 is 1.93 bits per heavy atom. The fraction of sp³-hybridized carbons (Fsp3) is 0. The molecule has 0 atom stereocenters. The van der Waals surface area contributed by atoms with Crippen molar-refractivity contribution in [1.29, 1.82) is 0 Å². The van der Waals surface area contributed by atoms with Crippen LogP contribution in [0.4, 0.5) is 16.2 Å². The molecule has 4 amide bonds. The van der Waals surface area contributed by atoms with Gasteiger partial charge in [-0.05, 0) is 58.5 Å². The van der Waals surface area contributed by atoms with Gasteiger partial charge in [0.25, 0.3) is 11.8 Å². The van der Waals surface area contributed by atoms with E-state index in [1.807, 2.05) is 0 Å². The molecule has 0 bridgehead atoms. The van der Waals surface area contributed by atoms with E-state index in [-0.39, 0.29) is 20.4 Å². The van der Waals surface area contributed by atoms with E-state index >= 15 is 0 Å². The average Bonchev–Trinajstić information content (AvgIpc) is 2.61. The molecule has 1 fully saturated rings. The van der Waals surface area contributed by atoms with E-state index in [1.165, 1.54) is 18.2 Å². The number of nitrogens with one attached hydrogen (secondary N) is 1. The Balaban J connectivity index is 2.08. The zero-order chi connectivity index (χ0) is 20.6. The monoisotopic (exact) mass is 557 g/mol. The third-order valence-corrected chi connectivity index (χ3v) is 5.06. The number of anilines is 1. The molecule has 2 aromatic rings. The number of aromatic hydroxyl groups is 1. The first-order valence-electron chi connectivity index (χ1n) is 7.53. The largest absolute Gasteiger partial charge is 0.501 e. The van der Waals surface area contributed by atoms with Gasteiger partial charge in [0.1, 0.15) is 5.57 Å². The van der Waals surface area contributed by atoms with E-state index in [0.29, 0.717) is 4.47 Å². The van der Waals surface area contributed by atoms with Gasteiger partial charge in [-0.25, -0.2) is 9.69 Å². The van der Waals surface area contributed by atoms with E-state index in [4.69, 9.17) is 0 Å². The predicted molar refractivity (Wildman–Crippen MR) is 111 cm³/mol. The molecule has 0 spiro atoms. The molecule has 0 radical (unpaired) electrons. The minimum absolute atomic E-state index is 0.149. The van der Waals surface area contributed by atoms with Crippen LogP contribution in [-0.4, -0.2) is 27.9 Å². The van der Waals surface area contributed by atoms with Crippen LogP contribution in [0.5, 0.6) is 5.75 Å². The van der Waals surface area contributed by atoms with Crippen molar-refractivity contribution in [2.24, 2.45) is 0 Å². The summed E-state index contributed by atoms with van der Waals surface area (Å²) in [6, 6.07) is 7.86. The van der Waals surface area contributed by atoms with Gasteiger partial charge in [0, 0.05) is 10.5 Å². The number of carbonyl (C=O) groups is 3. The van der Waals surface area contributed by atoms with Crippen LogP contribution in [0.1, 0.15) is 5.56 Å². The number of rotatable bonds is 3. The molecule has 142 valence electrons. The number of urea groups is 1. The van der Waals surface area contributed by atoms with Crippen LogP contribution in [0.25, 0.3) is 6.08 Å². The highest BCUT2D eigenvalue weighted by molar-refractivity contribution is 14.1. The highest BCUT2D eigenvalue weighted by atomic mass is 127. The van der Waals surface area contributed by atoms with Gasteiger partial charge in [-0.3, -0.25) is 25.0 Å². The molecule has 0 aromatic heterocycles. The number of carbonyl (C=O) groups excluding carboxylic acids is 3. The van der Waals surface area contributed by atoms with Crippen molar-refractivity contribution in [3.63, 3.8) is 0 Å². The summed E-state index contributed by atoms with van der Waals surface area (Å²) in [7, 11) is 0. The number of nitro groups is 1. The Labute approximate surface area is 179 Å². The second kappa shape index (κ2) is 7.67. The lowest BCUT2D eigenvalue weighted by atomic mass is 10.1. The van der Waals surface area contributed by atoms with Crippen LogP contribution in [0, 0.1) is 13.7 Å². The van der Waals surface area contributed by atoms with Crippen LogP contribution >= 0.6 is 38.5 Å². The summed E-state index contributed by atoms with van der Waals surface area (Å²) in [6.07, 6.45) is 1.13. The number of phenols is 1. The van der Waals surface area contributed by atoms with Crippen molar-refractivity contribution in [3.05, 3.63) is 65.7 Å². The average molecular weight is 558 g/mol. The smallest absolute Gasteiger partial charge is 0.335 e. The van der Waals surface area contributed by atoms with Crippen LogP contribution < -0.4 is 10.2 Å². The van der Waals surface area contributed by atoms with E-state index in [2.05, 4.69) is 21.2 Å². The van der Waals surface area contributed by atoms with Gasteiger partial charge >= 0.3 is 11.7 Å². The summed E-state index contributed by atoms with van der Waals surface area (Å²) in [5.41, 5.74) is -0.560. The zero-order valence-corrected chi connectivity index (χ0v) is 17.4. The molecular formula is C17H9BrIN3O6. The number of hydrogen-bond donors (Lipinski definition) is 2. The Kier molecular flexibility index (Phi) is 5.47. The lowest BCUT2D eigenvalue weighted by Crippen LogP contribution is -2.54. The number of barbiturate groups is 1. The van der Waals surface area contributed by atoms with Gasteiger partial charge in [-0.15, -0.1) is 0 Å². The fourth-order valence-electron chi connectivity index (χ4n) is 2.50. The standard InChI is InChI=1S/C17H9BrIN3O6/c18-9-2-1-3-10(7-9)21-16(25)11(15(24)20-17(21)26)4-8-5-12(19)14(23)13(6-8)22(27)28/h1-7,23H,(H,20,24,26)/b11-4+. The number of phenolic OH excluding ortho intramolecular Hbond substituents is 1. The third kappa shape index (κ3) is 3.75. The van der Waals surface area contributed by atoms with Gasteiger partial charge in [0.05, 0.1) is 14.2 Å². The van der Waals surface area contributed by atoms with Crippen molar-refractivity contribution in [2.75, 3.05) is 4.90 Å². The van der Waals surface area contributed by atoms with E-state index in [1.54, 1.807) is 34.7 Å². The minimum atomic E-state index is -0.924. The quantitative estimate of drug-likeness (QED) is 0.196. The molecule has 28 heavy (non-hydrogen) atoms. The first-order chi connectivity index (χ1) is 13.2. The molecule has 0 unspecified atom stereocenters. The van der Waals surface area contributed by atoms with Crippen molar-refractivity contribution in [1.82, 2.24) is 5.32 Å². The highest BCUT2D eigenvalue weighted by Gasteiger charge is 2.37. The maximum atomic E-state index is 12.8. The second-order valence-electron chi connectivity index (χ2n) is 5.57. The van der Waals surface area contributed by atoms with Crippen LogP contribution in [0.3, 0.4) is 0 Å². The van der Waals surface area contributed by atoms with Gasteiger partial charge < -0.3 is 5.11 Å². The first-order valence-corrected chi connectivity index (χ1v) is 9.40. The maximum Gasteiger partial charge on any atom is 0.335 e. The van der Waals surface area contributed by atoms with E-state index < -0.39 is 34.2 Å². The Hall–Kier alpha value is -2.80. The van der Waals surface area contributed by atoms with Crippen molar-refractivity contribution >= 4 is 73.8 Å². The lowest BCUT2D eigenvalue weighted by Gasteiger charge is -2.26. The second-order valence-corrected chi connectivity index (χ2v) is 7.64. The van der Waals surface area contributed by atoms with Crippen molar-refractivity contribution in [2.45, 2.75) is 0 Å². The van der Waals surface area contributed by atoms with E-state index in [9.17, 15) is 29.6 Å². The molecule has 9 nitrogen and oxygen atoms in total. The Morgan fingerprint density at radius 3 is 2.57 bits per heavy atom. The summed E-state index contributed by atoms with van der Waals surface area (Å²) in [4.78, 5) is 48.3. The zero-order valence-electron chi connectivity index (χ0n) is 13.7. The summed E-state index contributed by atoms with van der Waals surface area (Å²) >= 11 is 4.94. The van der Waals surface area contributed by atoms with E-state index in [0.717, 1.165) is 17.0 Å². The molecule has 2 aromatic carbocycles. The first kappa shape index (κ1) is 19.9. The van der Waals surface area contributed by atoms with Crippen molar-refractivity contribution in [3.8, 4) is 5.75 Å². The number of halogens is 2. The molecule has 1 heterocycles. The van der Waals surface area contributed by atoms with Gasteiger partial charge in [-0.1, -0.05) is 22.0 Å². The molecule has 3 rings (SSSR count). The molecule has 0 aliphatic carbocycles. The maximum absolute atomic E-state index is 12.8. The number of imide groups is 2. The molecule has 1 saturated heterocycles. The van der Waals surface area contributed by atoms with Gasteiger partial charge in [0.15, 0.2) is 0 Å². The summed E-state index contributed by atoms with van der Waals surface area (Å²) in [5.74, 6) is -2.32. The summed E-state index contributed by atoms with van der Waals surface area (Å²) in [5, 5.41) is 22.9. The third-order valence-electron chi connectivity index (χ3n) is 3.74. The fourth-order valence-corrected chi connectivity index (χ4v) is 3.52. The number of nitro benzene ring substituents is 1. The number of nitrogens with zero attached hydrogens (tertiary/aromatic N) is 2. The summed E-state index contributed by atoms with van der Waals surface area (Å²) < 4.78 is 0.791. The van der Waals surface area contributed by atoms with Crippen LogP contribution in [0.15, 0.2) is 46.4 Å². The minimum Gasteiger partial charge on any atom is -0.501 e. The summed E-state index contributed by atoms with van der Waals surface area (Å²) in [6.45, 7) is 0. The molecule has 1 aliphatic rings. The Bertz CT molecular complexity index is 1080. The van der Waals surface area contributed by atoms with Crippen LogP contribution in [-0.2, 0) is 9.59 Å². The molecule has 2 N–H and O–H groups in total. The predicted octanol–water partition coefficient (Wildman–Crippen LogP) is 3.33. The lowest BCUT2D eigenvalue weighted by molar-refractivity contribution is -0.386. The van der Waals surface area contributed by atoms with Gasteiger partial charge in [-0.2, -0.15) is 0 Å². The van der Waals surface area contributed by atoms with Gasteiger partial charge in [0.2, 0.25) is 5.75 Å². The normalized spacial score (nSPS) is 15.7. The topological polar surface area (TPSA) is 130 Å². The van der Waals surface area contributed by atoms with Crippen LogP contribution in [0.2, 0.25) is 0 Å². The van der Waals surface area contributed by atoms with Crippen molar-refractivity contribution < 1.29 is 24.4 Å². The molecular weight excluding hydrogens is 549 g/mol. The molecule has 1 aliphatic heterocycles.